The van der Waals surface area contributed by atoms with Crippen LogP contribution in [0.1, 0.15) is 64.7 Å². The summed E-state index contributed by atoms with van der Waals surface area (Å²) in [5.74, 6) is 0.984. The second-order valence-electron chi connectivity index (χ2n) is 5.97. The molecule has 0 unspecified atom stereocenters. The number of hydrogen-bond acceptors (Lipinski definition) is 1. The minimum absolute atomic E-state index is 0.0470. The van der Waals surface area contributed by atoms with E-state index >= 15 is 0 Å². The predicted molar refractivity (Wildman–Crippen MR) is 75.9 cm³/mol. The summed E-state index contributed by atoms with van der Waals surface area (Å²) in [4.78, 5) is 15.1. The molecule has 3 heteroatoms. The molecule has 0 N–H and O–H groups in total. The molecule has 2 aliphatic carbocycles. The molecule has 0 heterocycles. The minimum atomic E-state index is -0.0470. The third-order valence-corrected chi connectivity index (χ3v) is 5.21. The summed E-state index contributed by atoms with van der Waals surface area (Å²) in [7, 11) is 0. The Balaban J connectivity index is 2.11. The molecule has 0 aromatic rings. The van der Waals surface area contributed by atoms with Gasteiger partial charge in [-0.1, -0.05) is 32.6 Å². The fraction of sp³-hybridized carbons (Fsp3) is 0.933. The largest absolute Gasteiger partial charge is 0.338 e. The molecule has 0 bridgehead atoms. The zero-order chi connectivity index (χ0) is 13.0. The molecule has 0 saturated heterocycles. The van der Waals surface area contributed by atoms with Gasteiger partial charge in [0.05, 0.1) is 0 Å². The van der Waals surface area contributed by atoms with Crippen LogP contribution in [0.25, 0.3) is 0 Å². The van der Waals surface area contributed by atoms with Gasteiger partial charge in [0.2, 0.25) is 5.91 Å². The van der Waals surface area contributed by atoms with Crippen LogP contribution in [-0.4, -0.2) is 29.3 Å². The van der Waals surface area contributed by atoms with Crippen molar-refractivity contribution in [1.82, 2.24) is 4.90 Å². The highest BCUT2D eigenvalue weighted by molar-refractivity contribution is 6.18. The van der Waals surface area contributed by atoms with Gasteiger partial charge in [0.15, 0.2) is 0 Å². The zero-order valence-corrected chi connectivity index (χ0v) is 12.3. The maximum absolute atomic E-state index is 12.9. The van der Waals surface area contributed by atoms with Crippen LogP contribution >= 0.6 is 11.6 Å². The molecule has 2 nitrogen and oxygen atoms in total. The molecular weight excluding hydrogens is 246 g/mol. The van der Waals surface area contributed by atoms with E-state index in [-0.39, 0.29) is 5.41 Å². The number of carbonyl (C=O) groups excluding carboxylic acids is 1. The van der Waals surface area contributed by atoms with Crippen molar-refractivity contribution >= 4 is 17.5 Å². The standard InChI is InChI=1S/C15H26ClNO/c1-2-15(9-5-6-10-15)14(18)17(12-11-16)13-7-3-4-8-13/h13H,2-12H2,1H3. The summed E-state index contributed by atoms with van der Waals surface area (Å²) >= 11 is 5.92. The first kappa shape index (κ1) is 14.2. The van der Waals surface area contributed by atoms with Crippen molar-refractivity contribution in [2.24, 2.45) is 5.41 Å². The summed E-state index contributed by atoms with van der Waals surface area (Å²) in [6.45, 7) is 2.92. The molecule has 1 amide bonds. The lowest BCUT2D eigenvalue weighted by Crippen LogP contribution is -2.47. The Hall–Kier alpha value is -0.240. The number of rotatable bonds is 5. The van der Waals surface area contributed by atoms with Crippen molar-refractivity contribution in [3.05, 3.63) is 0 Å². The Morgan fingerprint density at radius 3 is 2.33 bits per heavy atom. The van der Waals surface area contributed by atoms with E-state index in [2.05, 4.69) is 11.8 Å². The number of hydrogen-bond donors (Lipinski definition) is 0. The van der Waals surface area contributed by atoms with E-state index in [0.717, 1.165) is 25.8 Å². The first-order valence-electron chi connectivity index (χ1n) is 7.60. The first-order chi connectivity index (χ1) is 8.73. The van der Waals surface area contributed by atoms with E-state index in [9.17, 15) is 4.79 Å². The third-order valence-electron chi connectivity index (χ3n) is 5.04. The lowest BCUT2D eigenvalue weighted by Gasteiger charge is -2.37. The smallest absolute Gasteiger partial charge is 0.229 e. The fourth-order valence-corrected chi connectivity index (χ4v) is 4.01. The number of nitrogens with zero attached hydrogens (tertiary/aromatic N) is 1. The molecule has 0 spiro atoms. The minimum Gasteiger partial charge on any atom is -0.338 e. The summed E-state index contributed by atoms with van der Waals surface area (Å²) in [5, 5.41) is 0. The maximum Gasteiger partial charge on any atom is 0.229 e. The highest BCUT2D eigenvalue weighted by Crippen LogP contribution is 2.43. The predicted octanol–water partition coefficient (Wildman–Crippen LogP) is 3.97. The van der Waals surface area contributed by atoms with Gasteiger partial charge in [0.1, 0.15) is 0 Å². The van der Waals surface area contributed by atoms with Crippen LogP contribution in [0.5, 0.6) is 0 Å². The molecule has 2 saturated carbocycles. The van der Waals surface area contributed by atoms with Gasteiger partial charge in [-0.15, -0.1) is 11.6 Å². The molecule has 104 valence electrons. The Labute approximate surface area is 116 Å². The Morgan fingerprint density at radius 2 is 1.83 bits per heavy atom. The molecule has 0 aliphatic heterocycles. The summed E-state index contributed by atoms with van der Waals surface area (Å²) in [5.41, 5.74) is -0.0470. The van der Waals surface area contributed by atoms with E-state index in [1.54, 1.807) is 0 Å². The summed E-state index contributed by atoms with van der Waals surface area (Å²) in [6, 6.07) is 0.472. The molecule has 2 rings (SSSR count). The highest BCUT2D eigenvalue weighted by Gasteiger charge is 2.43. The molecular formula is C15H26ClNO. The van der Waals surface area contributed by atoms with Crippen LogP contribution in [0.15, 0.2) is 0 Å². The van der Waals surface area contributed by atoms with Crippen LogP contribution in [0.2, 0.25) is 0 Å². The second kappa shape index (κ2) is 6.27. The molecule has 2 fully saturated rings. The number of amides is 1. The maximum atomic E-state index is 12.9. The van der Waals surface area contributed by atoms with Crippen molar-refractivity contribution in [1.29, 1.82) is 0 Å². The lowest BCUT2D eigenvalue weighted by atomic mass is 9.81. The van der Waals surface area contributed by atoms with Crippen LogP contribution in [0.4, 0.5) is 0 Å². The topological polar surface area (TPSA) is 20.3 Å². The van der Waals surface area contributed by atoms with Crippen LogP contribution in [0, 0.1) is 5.41 Å². The first-order valence-corrected chi connectivity index (χ1v) is 8.14. The van der Waals surface area contributed by atoms with Gasteiger partial charge < -0.3 is 4.90 Å². The quantitative estimate of drug-likeness (QED) is 0.693. The van der Waals surface area contributed by atoms with E-state index in [1.807, 2.05) is 0 Å². The van der Waals surface area contributed by atoms with Crippen molar-refractivity contribution in [2.45, 2.75) is 70.8 Å². The molecule has 0 atom stereocenters. The van der Waals surface area contributed by atoms with Crippen LogP contribution in [0.3, 0.4) is 0 Å². The van der Waals surface area contributed by atoms with Crippen LogP contribution < -0.4 is 0 Å². The SMILES string of the molecule is CCC1(C(=O)N(CCCl)C2CCCC2)CCCC1. The van der Waals surface area contributed by atoms with E-state index in [0.29, 0.717) is 17.8 Å². The Bertz CT molecular complexity index is 280. The zero-order valence-electron chi connectivity index (χ0n) is 11.6. The third kappa shape index (κ3) is 2.68. The highest BCUT2D eigenvalue weighted by atomic mass is 35.5. The van der Waals surface area contributed by atoms with Crippen molar-refractivity contribution < 1.29 is 4.79 Å². The number of alkyl halides is 1. The average molecular weight is 272 g/mol. The van der Waals surface area contributed by atoms with Crippen molar-refractivity contribution in [2.75, 3.05) is 12.4 Å². The Kier molecular flexibility index (Phi) is 4.94. The number of halogens is 1. The van der Waals surface area contributed by atoms with E-state index < -0.39 is 0 Å². The molecule has 2 aliphatic rings. The van der Waals surface area contributed by atoms with Gasteiger partial charge in [0.25, 0.3) is 0 Å². The van der Waals surface area contributed by atoms with Gasteiger partial charge in [-0.25, -0.2) is 0 Å². The molecule has 0 aromatic heterocycles. The van der Waals surface area contributed by atoms with Crippen molar-refractivity contribution in [3.63, 3.8) is 0 Å². The van der Waals surface area contributed by atoms with Gasteiger partial charge in [-0.3, -0.25) is 4.79 Å². The Morgan fingerprint density at radius 1 is 1.22 bits per heavy atom. The van der Waals surface area contributed by atoms with Gasteiger partial charge >= 0.3 is 0 Å². The molecule has 0 radical (unpaired) electrons. The van der Waals surface area contributed by atoms with E-state index in [4.69, 9.17) is 11.6 Å². The van der Waals surface area contributed by atoms with E-state index in [1.165, 1.54) is 38.5 Å². The van der Waals surface area contributed by atoms with Gasteiger partial charge in [-0.2, -0.15) is 0 Å². The monoisotopic (exact) mass is 271 g/mol. The normalized spacial score (nSPS) is 23.4. The fourth-order valence-electron chi connectivity index (χ4n) is 3.83. The van der Waals surface area contributed by atoms with Crippen molar-refractivity contribution in [3.8, 4) is 0 Å². The second-order valence-corrected chi connectivity index (χ2v) is 6.34. The van der Waals surface area contributed by atoms with Crippen LogP contribution in [-0.2, 0) is 4.79 Å². The summed E-state index contributed by atoms with van der Waals surface area (Å²) in [6.07, 6.45) is 10.5. The molecule has 18 heavy (non-hydrogen) atoms. The average Bonchev–Trinajstić information content (AvgIpc) is 3.06. The van der Waals surface area contributed by atoms with Gasteiger partial charge in [0, 0.05) is 23.9 Å². The molecule has 0 aromatic carbocycles. The van der Waals surface area contributed by atoms with Gasteiger partial charge in [-0.05, 0) is 32.1 Å². The lowest BCUT2D eigenvalue weighted by molar-refractivity contribution is -0.144. The number of carbonyl (C=O) groups is 1. The summed E-state index contributed by atoms with van der Waals surface area (Å²) < 4.78 is 0.